The highest BCUT2D eigenvalue weighted by molar-refractivity contribution is 6.16. The first-order valence-electron chi connectivity index (χ1n) is 24.0. The summed E-state index contributed by atoms with van der Waals surface area (Å²) >= 11 is 0. The van der Waals surface area contributed by atoms with E-state index in [9.17, 15) is 0 Å². The molecule has 70 heavy (non-hydrogen) atoms. The highest BCUT2D eigenvalue weighted by atomic mass is 16.5. The standard InChI is InChI=1S/C64H49N5O/c1-64(2,3)46-35-49(67-42-66(47-24-12-6-13-25-47)60-34-45(32-33-58(60)67)43-20-8-4-9-21-43)37-50(36-46)70-51-38-54(44-22-10-5-11-23-44)63-53-29-17-19-31-57(53)69(61(63)39-51)62-40-59-55(41-65-62)52-28-16-18-30-56(52)68(59)48-26-14-7-15-27-48/h4-41H,42H2,1-3H3. The highest BCUT2D eigenvalue weighted by Crippen LogP contribution is 2.49. The minimum Gasteiger partial charge on any atom is -0.457 e. The van der Waals surface area contributed by atoms with Gasteiger partial charge in [0.15, 0.2) is 0 Å². The van der Waals surface area contributed by atoms with Gasteiger partial charge >= 0.3 is 0 Å². The van der Waals surface area contributed by atoms with E-state index in [1.807, 2.05) is 6.20 Å². The van der Waals surface area contributed by atoms with Crippen molar-refractivity contribution in [1.82, 2.24) is 14.1 Å². The average molecular weight is 904 g/mol. The van der Waals surface area contributed by atoms with Crippen molar-refractivity contribution in [1.29, 1.82) is 0 Å². The van der Waals surface area contributed by atoms with Crippen LogP contribution in [0.4, 0.5) is 22.7 Å². The molecule has 0 amide bonds. The molecule has 0 bridgehead atoms. The lowest BCUT2D eigenvalue weighted by molar-refractivity contribution is 0.479. The number of hydrogen-bond donors (Lipinski definition) is 0. The second kappa shape index (κ2) is 16.4. The molecule has 0 unspecified atom stereocenters. The molecule has 1 aliphatic rings. The van der Waals surface area contributed by atoms with Crippen molar-refractivity contribution >= 4 is 66.4 Å². The average Bonchev–Trinajstić information content (AvgIpc) is 4.07. The molecule has 0 spiro atoms. The SMILES string of the molecule is CC(C)(C)c1cc(Oc2cc(-c3ccccc3)c3c4ccccc4n(-c4cc5c(cn4)c4ccccc4n5-c4ccccc4)c3c2)cc(N2CN(c3ccccc3)c3cc(-c4ccccc4)ccc32)c1. The van der Waals surface area contributed by atoms with Gasteiger partial charge in [0, 0.05) is 63.0 Å². The molecule has 0 N–H and O–H groups in total. The number of nitrogens with zero attached hydrogens (tertiary/aromatic N) is 5. The van der Waals surface area contributed by atoms with E-state index in [-0.39, 0.29) is 5.41 Å². The van der Waals surface area contributed by atoms with Gasteiger partial charge in [-0.3, -0.25) is 4.57 Å². The number of aromatic nitrogens is 3. The Morgan fingerprint density at radius 2 is 1.01 bits per heavy atom. The summed E-state index contributed by atoms with van der Waals surface area (Å²) in [4.78, 5) is 10.1. The highest BCUT2D eigenvalue weighted by Gasteiger charge is 2.30. The van der Waals surface area contributed by atoms with Gasteiger partial charge in [0.05, 0.1) is 33.4 Å². The van der Waals surface area contributed by atoms with Gasteiger partial charge in [0.1, 0.15) is 24.0 Å². The van der Waals surface area contributed by atoms with Crippen molar-refractivity contribution in [2.45, 2.75) is 26.2 Å². The summed E-state index contributed by atoms with van der Waals surface area (Å²) in [6, 6.07) is 80.2. The number of hydrogen-bond acceptors (Lipinski definition) is 4. The Hall–Kier alpha value is -8.87. The van der Waals surface area contributed by atoms with E-state index in [1.165, 1.54) is 22.1 Å². The van der Waals surface area contributed by atoms with Crippen molar-refractivity contribution in [2.75, 3.05) is 16.5 Å². The maximum Gasteiger partial charge on any atom is 0.139 e. The molecule has 0 saturated carbocycles. The predicted molar refractivity (Wildman–Crippen MR) is 291 cm³/mol. The van der Waals surface area contributed by atoms with Crippen molar-refractivity contribution in [3.8, 4) is 45.3 Å². The van der Waals surface area contributed by atoms with Gasteiger partial charge in [0.25, 0.3) is 0 Å². The summed E-state index contributed by atoms with van der Waals surface area (Å²) in [5.74, 6) is 2.35. The summed E-state index contributed by atoms with van der Waals surface area (Å²) in [7, 11) is 0. The zero-order valence-corrected chi connectivity index (χ0v) is 39.3. The Morgan fingerprint density at radius 1 is 0.414 bits per heavy atom. The zero-order valence-electron chi connectivity index (χ0n) is 39.3. The van der Waals surface area contributed by atoms with Crippen molar-refractivity contribution in [2.24, 2.45) is 0 Å². The third-order valence-corrected chi connectivity index (χ3v) is 13.9. The fourth-order valence-electron chi connectivity index (χ4n) is 10.5. The van der Waals surface area contributed by atoms with Crippen LogP contribution >= 0.6 is 0 Å². The van der Waals surface area contributed by atoms with Crippen molar-refractivity contribution < 1.29 is 4.74 Å². The summed E-state index contributed by atoms with van der Waals surface area (Å²) < 4.78 is 11.9. The normalized spacial score (nSPS) is 12.7. The number of anilines is 4. The minimum absolute atomic E-state index is 0.162. The van der Waals surface area contributed by atoms with Crippen LogP contribution in [0.2, 0.25) is 0 Å². The topological polar surface area (TPSA) is 38.5 Å². The molecule has 0 saturated heterocycles. The number of rotatable bonds is 8. The number of para-hydroxylation sites is 4. The number of fused-ring (bicyclic) bond motifs is 7. The Labute approximate surface area is 407 Å². The second-order valence-corrected chi connectivity index (χ2v) is 19.3. The van der Waals surface area contributed by atoms with Crippen molar-refractivity contribution in [3.05, 3.63) is 236 Å². The molecule has 13 rings (SSSR count). The lowest BCUT2D eigenvalue weighted by Gasteiger charge is -2.26. The molecule has 9 aromatic carbocycles. The molecule has 12 aromatic rings. The smallest absolute Gasteiger partial charge is 0.139 e. The third kappa shape index (κ3) is 6.99. The summed E-state index contributed by atoms with van der Waals surface area (Å²) in [5.41, 5.74) is 15.6. The summed E-state index contributed by atoms with van der Waals surface area (Å²) in [6.07, 6.45) is 2.04. The maximum absolute atomic E-state index is 7.26. The molecule has 3 aromatic heterocycles. The van der Waals surface area contributed by atoms with Crippen LogP contribution in [0.25, 0.3) is 77.4 Å². The molecule has 1 aliphatic heterocycles. The van der Waals surface area contributed by atoms with Crippen LogP contribution in [0, 0.1) is 0 Å². The van der Waals surface area contributed by atoms with E-state index in [1.54, 1.807) is 0 Å². The van der Waals surface area contributed by atoms with E-state index in [4.69, 9.17) is 9.72 Å². The second-order valence-electron chi connectivity index (χ2n) is 19.3. The molecular weight excluding hydrogens is 855 g/mol. The van der Waals surface area contributed by atoms with Crippen LogP contribution in [-0.2, 0) is 5.41 Å². The fraction of sp³-hybridized carbons (Fsp3) is 0.0781. The molecule has 6 heteroatoms. The van der Waals surface area contributed by atoms with Gasteiger partial charge in [-0.05, 0) is 100.0 Å². The predicted octanol–water partition coefficient (Wildman–Crippen LogP) is 16.9. The molecule has 0 fully saturated rings. The van der Waals surface area contributed by atoms with Crippen LogP contribution in [0.5, 0.6) is 11.5 Å². The van der Waals surface area contributed by atoms with E-state index in [0.717, 1.165) is 95.1 Å². The van der Waals surface area contributed by atoms with Crippen LogP contribution in [-0.4, -0.2) is 20.8 Å². The monoisotopic (exact) mass is 903 g/mol. The number of benzene rings is 9. The first-order valence-corrected chi connectivity index (χ1v) is 24.0. The zero-order chi connectivity index (χ0) is 46.9. The van der Waals surface area contributed by atoms with Crippen LogP contribution in [0.15, 0.2) is 231 Å². The number of ether oxygens (including phenoxy) is 1. The molecule has 0 atom stereocenters. The largest absolute Gasteiger partial charge is 0.457 e. The Bertz CT molecular complexity index is 3930. The Morgan fingerprint density at radius 3 is 1.73 bits per heavy atom. The molecule has 4 heterocycles. The first kappa shape index (κ1) is 41.3. The molecular formula is C64H49N5O. The third-order valence-electron chi connectivity index (χ3n) is 13.9. The Balaban J connectivity index is 0.990. The Kier molecular flexibility index (Phi) is 9.70. The maximum atomic E-state index is 7.26. The van der Waals surface area contributed by atoms with Gasteiger partial charge in [-0.2, -0.15) is 0 Å². The summed E-state index contributed by atoms with van der Waals surface area (Å²) in [6.45, 7) is 7.47. The van der Waals surface area contributed by atoms with E-state index in [2.05, 4.69) is 264 Å². The summed E-state index contributed by atoms with van der Waals surface area (Å²) in [5, 5.41) is 4.57. The lowest BCUT2D eigenvalue weighted by atomic mass is 9.86. The van der Waals surface area contributed by atoms with Crippen molar-refractivity contribution in [3.63, 3.8) is 0 Å². The molecule has 0 radical (unpaired) electrons. The van der Waals surface area contributed by atoms with Gasteiger partial charge in [-0.15, -0.1) is 0 Å². The van der Waals surface area contributed by atoms with E-state index >= 15 is 0 Å². The van der Waals surface area contributed by atoms with E-state index < -0.39 is 0 Å². The minimum atomic E-state index is -0.162. The van der Waals surface area contributed by atoms with Gasteiger partial charge in [0.2, 0.25) is 0 Å². The quantitative estimate of drug-likeness (QED) is 0.152. The molecule has 6 nitrogen and oxygen atoms in total. The van der Waals surface area contributed by atoms with E-state index in [0.29, 0.717) is 6.67 Å². The fourth-order valence-corrected chi connectivity index (χ4v) is 10.5. The van der Waals surface area contributed by atoms with Gasteiger partial charge in [-0.1, -0.05) is 160 Å². The molecule has 0 aliphatic carbocycles. The molecule has 336 valence electrons. The van der Waals surface area contributed by atoms with Crippen LogP contribution in [0.1, 0.15) is 26.3 Å². The van der Waals surface area contributed by atoms with Crippen LogP contribution < -0.4 is 14.5 Å². The lowest BCUT2D eigenvalue weighted by Crippen LogP contribution is -2.24. The van der Waals surface area contributed by atoms with Gasteiger partial charge in [-0.25, -0.2) is 4.98 Å². The first-order chi connectivity index (χ1) is 34.3. The van der Waals surface area contributed by atoms with Gasteiger partial charge < -0.3 is 19.1 Å². The number of pyridine rings is 1. The van der Waals surface area contributed by atoms with Crippen LogP contribution in [0.3, 0.4) is 0 Å².